The molecule has 0 bridgehead atoms. The lowest BCUT2D eigenvalue weighted by molar-refractivity contribution is -0.144. The van der Waals surface area contributed by atoms with Gasteiger partial charge in [-0.1, -0.05) is 64.7 Å². The van der Waals surface area contributed by atoms with Gasteiger partial charge in [0.1, 0.15) is 0 Å². The van der Waals surface area contributed by atoms with Crippen molar-refractivity contribution in [3.63, 3.8) is 0 Å². The highest BCUT2D eigenvalue weighted by molar-refractivity contribution is 5.69. The minimum absolute atomic E-state index is 0.130. The molecule has 0 fully saturated rings. The summed E-state index contributed by atoms with van der Waals surface area (Å²) in [6, 6.07) is 0. The summed E-state index contributed by atoms with van der Waals surface area (Å²) in [5.41, 5.74) is 0. The van der Waals surface area contributed by atoms with Crippen LogP contribution in [0.15, 0.2) is 0 Å². The van der Waals surface area contributed by atoms with Crippen molar-refractivity contribution in [2.45, 2.75) is 84.5 Å². The molecular formula is C17H34O3. The molecule has 0 unspecified atom stereocenters. The lowest BCUT2D eigenvalue weighted by atomic mass is 10.1. The Bertz CT molecular complexity index is 204. The van der Waals surface area contributed by atoms with Crippen LogP contribution in [0.3, 0.4) is 0 Å². The number of esters is 1. The Hall–Kier alpha value is -0.570. The van der Waals surface area contributed by atoms with Crippen molar-refractivity contribution in [1.82, 2.24) is 0 Å². The number of hydrogen-bond acceptors (Lipinski definition) is 3. The molecule has 0 saturated carbocycles. The van der Waals surface area contributed by atoms with E-state index in [1.807, 2.05) is 6.92 Å². The fourth-order valence-electron chi connectivity index (χ4n) is 2.15. The lowest BCUT2D eigenvalue weighted by Gasteiger charge is -2.05. The first-order valence-corrected chi connectivity index (χ1v) is 8.54. The van der Waals surface area contributed by atoms with Gasteiger partial charge in [-0.25, -0.2) is 0 Å². The Morgan fingerprint density at radius 3 is 1.85 bits per heavy atom. The number of rotatable bonds is 15. The van der Waals surface area contributed by atoms with Gasteiger partial charge in [-0.15, -0.1) is 0 Å². The first-order chi connectivity index (χ1) is 9.81. The fraction of sp³-hybridized carbons (Fsp3) is 0.941. The predicted octanol–water partition coefficient (Wildman–Crippen LogP) is 4.88. The van der Waals surface area contributed by atoms with Crippen LogP contribution in [0.25, 0.3) is 0 Å². The van der Waals surface area contributed by atoms with E-state index < -0.39 is 0 Å². The minimum Gasteiger partial charge on any atom is -0.466 e. The third-order valence-corrected chi connectivity index (χ3v) is 3.42. The van der Waals surface area contributed by atoms with Gasteiger partial charge in [0, 0.05) is 6.61 Å². The SMILES string of the molecule is CCCCCCCCCCCCOC(=O)CCOCC. The van der Waals surface area contributed by atoms with E-state index in [0.29, 0.717) is 26.2 Å². The van der Waals surface area contributed by atoms with Crippen LogP contribution in [0.4, 0.5) is 0 Å². The average molecular weight is 286 g/mol. The van der Waals surface area contributed by atoms with Crippen molar-refractivity contribution < 1.29 is 14.3 Å². The Morgan fingerprint density at radius 2 is 1.30 bits per heavy atom. The molecule has 0 heterocycles. The molecule has 3 heteroatoms. The highest BCUT2D eigenvalue weighted by atomic mass is 16.5. The van der Waals surface area contributed by atoms with Gasteiger partial charge in [-0.2, -0.15) is 0 Å². The molecule has 0 aliphatic heterocycles. The van der Waals surface area contributed by atoms with E-state index in [2.05, 4.69) is 6.92 Å². The number of hydrogen-bond donors (Lipinski definition) is 0. The normalized spacial score (nSPS) is 10.7. The van der Waals surface area contributed by atoms with Crippen LogP contribution in [0.2, 0.25) is 0 Å². The second-order valence-corrected chi connectivity index (χ2v) is 5.35. The third-order valence-electron chi connectivity index (χ3n) is 3.42. The molecule has 0 amide bonds. The molecule has 0 radical (unpaired) electrons. The van der Waals surface area contributed by atoms with Crippen LogP contribution < -0.4 is 0 Å². The van der Waals surface area contributed by atoms with Crippen LogP contribution >= 0.6 is 0 Å². The zero-order valence-electron chi connectivity index (χ0n) is 13.6. The van der Waals surface area contributed by atoms with Crippen LogP contribution in [0.1, 0.15) is 84.5 Å². The summed E-state index contributed by atoms with van der Waals surface area (Å²) >= 11 is 0. The summed E-state index contributed by atoms with van der Waals surface area (Å²) in [7, 11) is 0. The predicted molar refractivity (Wildman–Crippen MR) is 83.9 cm³/mol. The molecule has 0 N–H and O–H groups in total. The summed E-state index contributed by atoms with van der Waals surface area (Å²) in [6.07, 6.45) is 13.4. The molecule has 20 heavy (non-hydrogen) atoms. The van der Waals surface area contributed by atoms with Crippen molar-refractivity contribution in [1.29, 1.82) is 0 Å². The fourth-order valence-corrected chi connectivity index (χ4v) is 2.15. The summed E-state index contributed by atoms with van der Waals surface area (Å²) in [5.74, 6) is -0.130. The average Bonchev–Trinajstić information content (AvgIpc) is 2.45. The number of carbonyl (C=O) groups excluding carboxylic acids is 1. The highest BCUT2D eigenvalue weighted by Gasteiger charge is 2.01. The Labute approximate surface area is 125 Å². The van der Waals surface area contributed by atoms with Crippen molar-refractivity contribution in [3.05, 3.63) is 0 Å². The molecule has 0 aromatic carbocycles. The Morgan fingerprint density at radius 1 is 0.750 bits per heavy atom. The molecule has 0 aliphatic rings. The van der Waals surface area contributed by atoms with Crippen LogP contribution in [0, 0.1) is 0 Å². The van der Waals surface area contributed by atoms with E-state index in [1.165, 1.54) is 57.8 Å². The van der Waals surface area contributed by atoms with Gasteiger partial charge < -0.3 is 9.47 Å². The maximum Gasteiger partial charge on any atom is 0.308 e. The summed E-state index contributed by atoms with van der Waals surface area (Å²) in [4.78, 5) is 11.3. The van der Waals surface area contributed by atoms with Crippen LogP contribution in [-0.2, 0) is 14.3 Å². The maximum atomic E-state index is 11.3. The lowest BCUT2D eigenvalue weighted by Crippen LogP contribution is -2.09. The molecule has 0 rings (SSSR count). The van der Waals surface area contributed by atoms with Crippen molar-refractivity contribution in [2.24, 2.45) is 0 Å². The van der Waals surface area contributed by atoms with E-state index in [-0.39, 0.29) is 5.97 Å². The van der Waals surface area contributed by atoms with Crippen molar-refractivity contribution in [3.8, 4) is 0 Å². The third kappa shape index (κ3) is 15.5. The highest BCUT2D eigenvalue weighted by Crippen LogP contribution is 2.10. The first-order valence-electron chi connectivity index (χ1n) is 8.54. The molecule has 3 nitrogen and oxygen atoms in total. The van der Waals surface area contributed by atoms with Gasteiger partial charge in [0.05, 0.1) is 19.6 Å². The van der Waals surface area contributed by atoms with E-state index in [1.54, 1.807) is 0 Å². The summed E-state index contributed by atoms with van der Waals surface area (Å²) in [5, 5.41) is 0. The van der Waals surface area contributed by atoms with Gasteiger partial charge in [0.15, 0.2) is 0 Å². The van der Waals surface area contributed by atoms with E-state index in [4.69, 9.17) is 9.47 Å². The van der Waals surface area contributed by atoms with Gasteiger partial charge in [-0.3, -0.25) is 4.79 Å². The molecule has 120 valence electrons. The topological polar surface area (TPSA) is 35.5 Å². The summed E-state index contributed by atoms with van der Waals surface area (Å²) in [6.45, 7) is 5.89. The largest absolute Gasteiger partial charge is 0.466 e. The standard InChI is InChI=1S/C17H34O3/c1-3-5-6-7-8-9-10-11-12-13-15-20-17(18)14-16-19-4-2/h3-16H2,1-2H3. The second kappa shape index (κ2) is 16.5. The molecule has 0 aromatic rings. The molecule has 0 spiro atoms. The Balaban J connectivity index is 3.07. The quantitative estimate of drug-likeness (QED) is 0.318. The van der Waals surface area contributed by atoms with Crippen molar-refractivity contribution >= 4 is 5.97 Å². The number of carbonyl (C=O) groups is 1. The number of ether oxygens (including phenoxy) is 2. The van der Waals surface area contributed by atoms with Gasteiger partial charge in [-0.05, 0) is 13.3 Å². The van der Waals surface area contributed by atoms with E-state index in [0.717, 1.165) is 6.42 Å². The molecule has 0 saturated heterocycles. The smallest absolute Gasteiger partial charge is 0.308 e. The van der Waals surface area contributed by atoms with Gasteiger partial charge in [0.2, 0.25) is 0 Å². The monoisotopic (exact) mass is 286 g/mol. The Kier molecular flexibility index (Phi) is 16.0. The molecular weight excluding hydrogens is 252 g/mol. The summed E-state index contributed by atoms with van der Waals surface area (Å²) < 4.78 is 10.3. The second-order valence-electron chi connectivity index (χ2n) is 5.35. The van der Waals surface area contributed by atoms with Crippen LogP contribution in [0.5, 0.6) is 0 Å². The van der Waals surface area contributed by atoms with E-state index in [9.17, 15) is 4.79 Å². The molecule has 0 aromatic heterocycles. The zero-order valence-corrected chi connectivity index (χ0v) is 13.6. The van der Waals surface area contributed by atoms with E-state index >= 15 is 0 Å². The van der Waals surface area contributed by atoms with Gasteiger partial charge in [0.25, 0.3) is 0 Å². The zero-order chi connectivity index (χ0) is 14.9. The van der Waals surface area contributed by atoms with Gasteiger partial charge >= 0.3 is 5.97 Å². The van der Waals surface area contributed by atoms with Crippen molar-refractivity contribution in [2.75, 3.05) is 19.8 Å². The molecule has 0 atom stereocenters. The first kappa shape index (κ1) is 19.4. The minimum atomic E-state index is -0.130. The number of unbranched alkanes of at least 4 members (excludes halogenated alkanes) is 9. The molecule has 0 aliphatic carbocycles. The van der Waals surface area contributed by atoms with Crippen LogP contribution in [-0.4, -0.2) is 25.8 Å². The maximum absolute atomic E-state index is 11.3.